The average Bonchev–Trinajstić information content (AvgIpc) is 1.97. The third-order valence-corrected chi connectivity index (χ3v) is 1.83. The average molecular weight is 142 g/mol. The minimum atomic E-state index is 0.741. The Hall–Kier alpha value is -0.330. The monoisotopic (exact) mass is 142 g/mol. The largest absolute Gasteiger partial charge is 0.303 e. The van der Waals surface area contributed by atoms with E-state index in [2.05, 4.69) is 13.8 Å². The smallest absolute Gasteiger partial charge is 0.120 e. The standard InChI is InChI=1S/C9H18O/c1-3-4-6-9(2)7-5-8-10/h8-9H,3-7H2,1-2H3. The van der Waals surface area contributed by atoms with E-state index in [1.165, 1.54) is 19.3 Å². The molecule has 60 valence electrons. The van der Waals surface area contributed by atoms with Crippen molar-refractivity contribution in [3.63, 3.8) is 0 Å². The Morgan fingerprint density at radius 3 is 2.60 bits per heavy atom. The highest BCUT2D eigenvalue weighted by atomic mass is 16.1. The number of carbonyl (C=O) groups excluding carboxylic acids is 1. The van der Waals surface area contributed by atoms with Crippen molar-refractivity contribution in [1.29, 1.82) is 0 Å². The molecule has 0 aliphatic heterocycles. The van der Waals surface area contributed by atoms with Crippen molar-refractivity contribution >= 4 is 6.29 Å². The van der Waals surface area contributed by atoms with Crippen molar-refractivity contribution in [2.45, 2.75) is 46.0 Å². The maximum absolute atomic E-state index is 9.98. The van der Waals surface area contributed by atoms with Crippen LogP contribution < -0.4 is 0 Å². The summed E-state index contributed by atoms with van der Waals surface area (Å²) >= 11 is 0. The summed E-state index contributed by atoms with van der Waals surface area (Å²) in [6.45, 7) is 4.42. The summed E-state index contributed by atoms with van der Waals surface area (Å²) in [5.41, 5.74) is 0. The van der Waals surface area contributed by atoms with Gasteiger partial charge in [0.25, 0.3) is 0 Å². The molecule has 0 bridgehead atoms. The van der Waals surface area contributed by atoms with Crippen LogP contribution in [0.2, 0.25) is 0 Å². The Morgan fingerprint density at radius 2 is 2.10 bits per heavy atom. The van der Waals surface area contributed by atoms with Crippen LogP contribution in [0.15, 0.2) is 0 Å². The molecular weight excluding hydrogens is 124 g/mol. The minimum absolute atomic E-state index is 0.741. The van der Waals surface area contributed by atoms with Crippen LogP contribution in [0.25, 0.3) is 0 Å². The molecule has 1 atom stereocenters. The van der Waals surface area contributed by atoms with Crippen LogP contribution in [0.4, 0.5) is 0 Å². The van der Waals surface area contributed by atoms with Gasteiger partial charge in [0.2, 0.25) is 0 Å². The predicted molar refractivity (Wildman–Crippen MR) is 44.0 cm³/mol. The van der Waals surface area contributed by atoms with Crippen molar-refractivity contribution in [2.75, 3.05) is 0 Å². The molecule has 1 nitrogen and oxygen atoms in total. The lowest BCUT2D eigenvalue weighted by Gasteiger charge is -2.06. The summed E-state index contributed by atoms with van der Waals surface area (Å²) < 4.78 is 0. The molecule has 10 heavy (non-hydrogen) atoms. The van der Waals surface area contributed by atoms with Gasteiger partial charge < -0.3 is 4.79 Å². The Bertz CT molecular complexity index is 78.8. The molecule has 0 spiro atoms. The summed E-state index contributed by atoms with van der Waals surface area (Å²) in [6.07, 6.45) is 6.69. The molecule has 1 heteroatoms. The van der Waals surface area contributed by atoms with E-state index in [9.17, 15) is 4.79 Å². The summed E-state index contributed by atoms with van der Waals surface area (Å²) in [4.78, 5) is 9.98. The number of aldehydes is 1. The molecule has 0 aromatic rings. The lowest BCUT2D eigenvalue weighted by atomic mass is 10.00. The fraction of sp³-hybridized carbons (Fsp3) is 0.889. The first-order valence-corrected chi connectivity index (χ1v) is 4.24. The number of hydrogen-bond donors (Lipinski definition) is 0. The van der Waals surface area contributed by atoms with Crippen molar-refractivity contribution in [3.8, 4) is 0 Å². The summed E-state index contributed by atoms with van der Waals surface area (Å²) in [6, 6.07) is 0. The van der Waals surface area contributed by atoms with Crippen LogP contribution in [0.5, 0.6) is 0 Å². The van der Waals surface area contributed by atoms with Gasteiger partial charge in [-0.25, -0.2) is 0 Å². The van der Waals surface area contributed by atoms with Crippen molar-refractivity contribution < 1.29 is 4.79 Å². The Balaban J connectivity index is 3.07. The van der Waals surface area contributed by atoms with Gasteiger partial charge in [-0.05, 0) is 12.3 Å². The molecule has 1 unspecified atom stereocenters. The first-order chi connectivity index (χ1) is 4.81. The molecule has 0 radical (unpaired) electrons. The van der Waals surface area contributed by atoms with Crippen LogP contribution in [0, 0.1) is 5.92 Å². The third-order valence-electron chi connectivity index (χ3n) is 1.83. The second kappa shape index (κ2) is 6.79. The van der Waals surface area contributed by atoms with Gasteiger partial charge in [-0.2, -0.15) is 0 Å². The lowest BCUT2D eigenvalue weighted by molar-refractivity contribution is -0.108. The minimum Gasteiger partial charge on any atom is -0.303 e. The molecule has 0 fully saturated rings. The van der Waals surface area contributed by atoms with Gasteiger partial charge in [-0.15, -0.1) is 0 Å². The van der Waals surface area contributed by atoms with E-state index in [0.717, 1.165) is 25.0 Å². The maximum atomic E-state index is 9.98. The highest BCUT2D eigenvalue weighted by molar-refractivity contribution is 5.49. The van der Waals surface area contributed by atoms with Gasteiger partial charge >= 0.3 is 0 Å². The van der Waals surface area contributed by atoms with Gasteiger partial charge in [0.05, 0.1) is 0 Å². The maximum Gasteiger partial charge on any atom is 0.120 e. The van der Waals surface area contributed by atoms with E-state index in [1.807, 2.05) is 0 Å². The number of hydrogen-bond acceptors (Lipinski definition) is 1. The predicted octanol–water partition coefficient (Wildman–Crippen LogP) is 2.79. The molecular formula is C9H18O. The summed E-state index contributed by atoms with van der Waals surface area (Å²) in [7, 11) is 0. The van der Waals surface area contributed by atoms with E-state index in [1.54, 1.807) is 0 Å². The van der Waals surface area contributed by atoms with Gasteiger partial charge in [-0.3, -0.25) is 0 Å². The molecule has 0 N–H and O–H groups in total. The fourth-order valence-electron chi connectivity index (χ4n) is 1.05. The molecule has 0 heterocycles. The van der Waals surface area contributed by atoms with E-state index < -0.39 is 0 Å². The first-order valence-electron chi connectivity index (χ1n) is 4.24. The molecule has 0 aliphatic carbocycles. The van der Waals surface area contributed by atoms with Crippen LogP contribution in [-0.2, 0) is 4.79 Å². The zero-order chi connectivity index (χ0) is 7.82. The van der Waals surface area contributed by atoms with E-state index >= 15 is 0 Å². The Labute approximate surface area is 63.8 Å². The highest BCUT2D eigenvalue weighted by Crippen LogP contribution is 2.12. The van der Waals surface area contributed by atoms with Gasteiger partial charge in [-0.1, -0.05) is 33.1 Å². The second-order valence-corrected chi connectivity index (χ2v) is 2.99. The Kier molecular flexibility index (Phi) is 6.56. The second-order valence-electron chi connectivity index (χ2n) is 2.99. The van der Waals surface area contributed by atoms with Crippen LogP contribution in [0.1, 0.15) is 46.0 Å². The zero-order valence-electron chi connectivity index (χ0n) is 7.10. The molecule has 0 aromatic carbocycles. The number of carbonyl (C=O) groups is 1. The highest BCUT2D eigenvalue weighted by Gasteiger charge is 1.99. The van der Waals surface area contributed by atoms with Crippen LogP contribution >= 0.6 is 0 Å². The molecule has 0 saturated heterocycles. The van der Waals surface area contributed by atoms with Gasteiger partial charge in [0.1, 0.15) is 6.29 Å². The summed E-state index contributed by atoms with van der Waals surface area (Å²) in [5.74, 6) is 0.741. The molecule has 0 aliphatic rings. The third kappa shape index (κ3) is 5.80. The van der Waals surface area contributed by atoms with Crippen LogP contribution in [0.3, 0.4) is 0 Å². The van der Waals surface area contributed by atoms with E-state index in [-0.39, 0.29) is 0 Å². The quantitative estimate of drug-likeness (QED) is 0.521. The number of rotatable bonds is 6. The first kappa shape index (κ1) is 9.67. The van der Waals surface area contributed by atoms with Gasteiger partial charge in [0.15, 0.2) is 0 Å². The fourth-order valence-corrected chi connectivity index (χ4v) is 1.05. The summed E-state index contributed by atoms with van der Waals surface area (Å²) in [5, 5.41) is 0. The van der Waals surface area contributed by atoms with E-state index in [4.69, 9.17) is 0 Å². The zero-order valence-corrected chi connectivity index (χ0v) is 7.10. The van der Waals surface area contributed by atoms with Crippen molar-refractivity contribution in [1.82, 2.24) is 0 Å². The van der Waals surface area contributed by atoms with Crippen LogP contribution in [-0.4, -0.2) is 6.29 Å². The molecule has 0 rings (SSSR count). The van der Waals surface area contributed by atoms with Gasteiger partial charge in [0, 0.05) is 6.42 Å². The molecule has 0 aromatic heterocycles. The van der Waals surface area contributed by atoms with Crippen molar-refractivity contribution in [2.24, 2.45) is 5.92 Å². The topological polar surface area (TPSA) is 17.1 Å². The molecule has 0 amide bonds. The lowest BCUT2D eigenvalue weighted by Crippen LogP contribution is -1.94. The van der Waals surface area contributed by atoms with E-state index in [0.29, 0.717) is 0 Å². The molecule has 0 saturated carbocycles. The SMILES string of the molecule is CCCCC(C)CCC=O. The number of unbranched alkanes of at least 4 members (excludes halogenated alkanes) is 1. The normalized spacial score (nSPS) is 13.0. The Morgan fingerprint density at radius 1 is 1.40 bits per heavy atom. The van der Waals surface area contributed by atoms with Crippen molar-refractivity contribution in [3.05, 3.63) is 0 Å².